The van der Waals surface area contributed by atoms with E-state index in [0.29, 0.717) is 0 Å². The van der Waals surface area contributed by atoms with Crippen molar-refractivity contribution in [3.8, 4) is 0 Å². The molecular weight excluding hydrogens is 380 g/mol. The Morgan fingerprint density at radius 2 is 1.64 bits per heavy atom. The molecule has 0 aliphatic carbocycles. The number of likely N-dealkylation sites (N-methyl/N-ethyl adjacent to an activating group) is 1. The molecule has 0 saturated heterocycles. The normalized spacial score (nSPS) is 15.0. The quantitative estimate of drug-likeness (QED) is 0.588. The number of carbonyl (C=O) groups excluding carboxylic acids is 2. The lowest BCUT2D eigenvalue weighted by atomic mass is 9.96. The standard InChI is InChI=1S/C20H36N2O5S/c1-12(2)14(11-13(3)17(24)25)22(9)16(23)15(20(7,8)28-10)21-18(26)27-19(4,5)6/h11-12,14-15H,1-10H3,(H,21,26)(H,24,25)/b13-11+/t14-,15-/m1/s1. The van der Waals surface area contributed by atoms with Crippen molar-refractivity contribution < 1.29 is 24.2 Å². The lowest BCUT2D eigenvalue weighted by Gasteiger charge is -2.38. The molecule has 0 heterocycles. The molecule has 0 aromatic heterocycles. The van der Waals surface area contributed by atoms with Crippen molar-refractivity contribution in [1.29, 1.82) is 0 Å². The Kier molecular flexibility index (Phi) is 9.57. The Morgan fingerprint density at radius 1 is 1.14 bits per heavy atom. The highest BCUT2D eigenvalue weighted by molar-refractivity contribution is 8.00. The third-order valence-corrected chi connectivity index (χ3v) is 5.65. The SMILES string of the molecule is CSC(C)(C)[C@H](NC(=O)OC(C)(C)C)C(=O)N(C)[C@H](/C=C(\C)C(=O)O)C(C)C. The summed E-state index contributed by atoms with van der Waals surface area (Å²) in [6, 6.07) is -1.27. The van der Waals surface area contributed by atoms with E-state index in [2.05, 4.69) is 5.32 Å². The van der Waals surface area contributed by atoms with Crippen LogP contribution in [0.2, 0.25) is 0 Å². The van der Waals surface area contributed by atoms with Gasteiger partial charge in [0.05, 0.1) is 6.04 Å². The summed E-state index contributed by atoms with van der Waals surface area (Å²) in [7, 11) is 1.62. The summed E-state index contributed by atoms with van der Waals surface area (Å²) in [5, 5.41) is 11.9. The van der Waals surface area contributed by atoms with E-state index >= 15 is 0 Å². The van der Waals surface area contributed by atoms with Crippen LogP contribution in [0.15, 0.2) is 11.6 Å². The molecule has 0 aliphatic heterocycles. The third-order valence-electron chi connectivity index (χ3n) is 4.37. The van der Waals surface area contributed by atoms with Gasteiger partial charge in [0.1, 0.15) is 11.6 Å². The number of carbonyl (C=O) groups is 3. The van der Waals surface area contributed by atoms with Gasteiger partial charge in [0.15, 0.2) is 0 Å². The number of alkyl carbamates (subject to hydrolysis) is 1. The number of nitrogens with one attached hydrogen (secondary N) is 1. The van der Waals surface area contributed by atoms with Crippen molar-refractivity contribution >= 4 is 29.7 Å². The Hall–Kier alpha value is -1.70. The first-order chi connectivity index (χ1) is 12.5. The summed E-state index contributed by atoms with van der Waals surface area (Å²) < 4.78 is 4.72. The van der Waals surface area contributed by atoms with Gasteiger partial charge in [-0.3, -0.25) is 4.79 Å². The molecule has 28 heavy (non-hydrogen) atoms. The highest BCUT2D eigenvalue weighted by atomic mass is 32.2. The monoisotopic (exact) mass is 416 g/mol. The molecule has 162 valence electrons. The number of carboxylic acid groups (broad SMARTS) is 1. The molecule has 2 atom stereocenters. The van der Waals surface area contributed by atoms with Gasteiger partial charge in [-0.05, 0) is 53.7 Å². The van der Waals surface area contributed by atoms with E-state index in [1.165, 1.54) is 23.6 Å². The molecule has 0 aliphatic rings. The molecule has 0 bridgehead atoms. The second-order valence-electron chi connectivity index (χ2n) is 8.73. The number of carboxylic acids is 1. The number of amides is 2. The molecule has 0 radical (unpaired) electrons. The fourth-order valence-electron chi connectivity index (χ4n) is 2.51. The second-order valence-corrected chi connectivity index (χ2v) is 10.2. The summed E-state index contributed by atoms with van der Waals surface area (Å²) >= 11 is 1.45. The smallest absolute Gasteiger partial charge is 0.408 e. The van der Waals surface area contributed by atoms with Crippen molar-refractivity contribution in [2.45, 2.75) is 77.8 Å². The molecule has 0 unspecified atom stereocenters. The Labute approximate surface area is 173 Å². The fraction of sp³-hybridized carbons (Fsp3) is 0.750. The minimum absolute atomic E-state index is 0.0113. The lowest BCUT2D eigenvalue weighted by Crippen LogP contribution is -2.59. The first-order valence-electron chi connectivity index (χ1n) is 9.26. The predicted molar refractivity (Wildman–Crippen MR) is 114 cm³/mol. The number of thioether (sulfide) groups is 1. The van der Waals surface area contributed by atoms with E-state index in [1.807, 2.05) is 34.0 Å². The van der Waals surface area contributed by atoms with Crippen LogP contribution in [-0.4, -0.2) is 63.7 Å². The van der Waals surface area contributed by atoms with Crippen LogP contribution in [0.5, 0.6) is 0 Å². The maximum atomic E-state index is 13.3. The second kappa shape index (κ2) is 10.2. The molecule has 0 spiro atoms. The summed E-state index contributed by atoms with van der Waals surface area (Å²) in [5.41, 5.74) is -0.520. The minimum atomic E-state index is -1.03. The van der Waals surface area contributed by atoms with Gasteiger partial charge in [0, 0.05) is 17.4 Å². The van der Waals surface area contributed by atoms with Crippen molar-refractivity contribution in [3.63, 3.8) is 0 Å². The van der Waals surface area contributed by atoms with E-state index in [1.54, 1.807) is 33.9 Å². The fourth-order valence-corrected chi connectivity index (χ4v) is 2.90. The minimum Gasteiger partial charge on any atom is -0.478 e. The summed E-state index contributed by atoms with van der Waals surface area (Å²) in [6.45, 7) is 14.3. The maximum absolute atomic E-state index is 13.3. The number of hydrogen-bond acceptors (Lipinski definition) is 5. The molecule has 0 aromatic carbocycles. The molecule has 2 amide bonds. The van der Waals surface area contributed by atoms with Crippen LogP contribution in [0.1, 0.15) is 55.4 Å². The average Bonchev–Trinajstić information content (AvgIpc) is 2.53. The van der Waals surface area contributed by atoms with E-state index in [-0.39, 0.29) is 17.4 Å². The van der Waals surface area contributed by atoms with E-state index in [4.69, 9.17) is 4.74 Å². The Bertz CT molecular complexity index is 608. The zero-order chi connectivity index (χ0) is 22.4. The topological polar surface area (TPSA) is 95.9 Å². The van der Waals surface area contributed by atoms with Crippen molar-refractivity contribution in [2.24, 2.45) is 5.92 Å². The predicted octanol–water partition coefficient (Wildman–Crippen LogP) is 3.54. The molecule has 8 heteroatoms. The maximum Gasteiger partial charge on any atom is 0.408 e. The van der Waals surface area contributed by atoms with Crippen molar-refractivity contribution in [3.05, 3.63) is 11.6 Å². The molecule has 2 N–H and O–H groups in total. The first-order valence-corrected chi connectivity index (χ1v) is 10.5. The highest BCUT2D eigenvalue weighted by Gasteiger charge is 2.40. The van der Waals surface area contributed by atoms with Crippen LogP contribution < -0.4 is 5.32 Å². The Morgan fingerprint density at radius 3 is 2.00 bits per heavy atom. The van der Waals surface area contributed by atoms with Crippen LogP contribution in [0.25, 0.3) is 0 Å². The number of aliphatic carboxylic acids is 1. The van der Waals surface area contributed by atoms with E-state index in [0.717, 1.165) is 0 Å². The molecule has 0 fully saturated rings. The largest absolute Gasteiger partial charge is 0.478 e. The summed E-state index contributed by atoms with van der Waals surface area (Å²) in [4.78, 5) is 38.4. The summed E-state index contributed by atoms with van der Waals surface area (Å²) in [6.07, 6.45) is 2.77. The van der Waals surface area contributed by atoms with Gasteiger partial charge in [-0.2, -0.15) is 11.8 Å². The molecular formula is C20H36N2O5S. The first kappa shape index (κ1) is 26.3. The molecule has 0 saturated carbocycles. The molecule has 0 rings (SSSR count). The number of hydrogen-bond donors (Lipinski definition) is 2. The van der Waals surface area contributed by atoms with Crippen molar-refractivity contribution in [1.82, 2.24) is 10.2 Å². The highest BCUT2D eigenvalue weighted by Crippen LogP contribution is 2.28. The number of ether oxygens (including phenoxy) is 1. The zero-order valence-electron chi connectivity index (χ0n) is 18.7. The van der Waals surface area contributed by atoms with Gasteiger partial charge in [-0.1, -0.05) is 19.9 Å². The average molecular weight is 417 g/mol. The molecule has 0 aromatic rings. The Balaban J connectivity index is 5.82. The van der Waals surface area contributed by atoms with Gasteiger partial charge >= 0.3 is 12.1 Å². The van der Waals surface area contributed by atoms with Crippen LogP contribution in [0.4, 0.5) is 4.79 Å². The van der Waals surface area contributed by atoms with Gasteiger partial charge in [-0.25, -0.2) is 9.59 Å². The third kappa shape index (κ3) is 8.12. The van der Waals surface area contributed by atoms with E-state index in [9.17, 15) is 19.5 Å². The summed E-state index contributed by atoms with van der Waals surface area (Å²) in [5.74, 6) is -1.35. The van der Waals surface area contributed by atoms with E-state index < -0.39 is 34.5 Å². The van der Waals surface area contributed by atoms with Crippen LogP contribution in [0.3, 0.4) is 0 Å². The zero-order valence-corrected chi connectivity index (χ0v) is 19.6. The van der Waals surface area contributed by atoms with Crippen molar-refractivity contribution in [2.75, 3.05) is 13.3 Å². The van der Waals surface area contributed by atoms with Crippen LogP contribution >= 0.6 is 11.8 Å². The molecule has 7 nitrogen and oxygen atoms in total. The van der Waals surface area contributed by atoms with Gasteiger partial charge in [0.25, 0.3) is 0 Å². The van der Waals surface area contributed by atoms with Gasteiger partial charge < -0.3 is 20.1 Å². The van der Waals surface area contributed by atoms with Gasteiger partial charge in [-0.15, -0.1) is 0 Å². The van der Waals surface area contributed by atoms with Crippen LogP contribution in [0, 0.1) is 5.92 Å². The number of nitrogens with zero attached hydrogens (tertiary/aromatic N) is 1. The lowest BCUT2D eigenvalue weighted by molar-refractivity contribution is -0.135. The van der Waals surface area contributed by atoms with Crippen LogP contribution in [-0.2, 0) is 14.3 Å². The van der Waals surface area contributed by atoms with Gasteiger partial charge in [0.2, 0.25) is 5.91 Å². The number of rotatable bonds is 8.